The zero-order valence-electron chi connectivity index (χ0n) is 32.6. The fourth-order valence-corrected chi connectivity index (χ4v) is 3.71. The number of aliphatic hydroxyl groups excluding tert-OH is 1. The number of amidine groups is 1. The molecular weight excluding hydrogens is 673 g/mol. The van der Waals surface area contributed by atoms with Gasteiger partial charge in [0.15, 0.2) is 14.1 Å². The van der Waals surface area contributed by atoms with Crippen molar-refractivity contribution in [2.24, 2.45) is 27.3 Å². The highest BCUT2D eigenvalue weighted by atomic mass is 32.2. The topological polar surface area (TPSA) is 214 Å². The number of aliphatic imine (C=N–C) groups is 1. The van der Waals surface area contributed by atoms with Gasteiger partial charge in [-0.2, -0.15) is 11.8 Å². The standard InChI is InChI=1S/C7H13N3.C7H15O3P.C7H14O2S.C5H10O.C4H10OS.C2H6.CH4N2/c1-4-10-6(3)5(2)7(8)9;1-5-3-4-7(9-5)6(2)10-11-8;1-7(2,3)6(9)10-5-4-8;1-5(2,3)4-6;1-5-3-4-6-2;1-2;2-1-3/h4H,1-3H3,(H3,8,9);5-8,11H,3-4H2,1-2H3;8H,4-5H2,1-3H3;4H,1-3H3;3-4H2,1-2H3;1-2H3;1H,(H3,2,3)/b6-5-,10-4?;;;;;;. The number of hydrogen-bond acceptors (Lipinski definition) is 12. The quantitative estimate of drug-likeness (QED) is 0.0447. The molecule has 0 saturated carbocycles. The molecule has 1 rings (SSSR count). The molecule has 0 aromatic rings. The van der Waals surface area contributed by atoms with E-state index in [0.717, 1.165) is 49.1 Å². The lowest BCUT2D eigenvalue weighted by Gasteiger charge is -2.17. The maximum Gasteiger partial charge on any atom is 0.194 e. The summed E-state index contributed by atoms with van der Waals surface area (Å²) in [5.74, 6) is 1.70. The van der Waals surface area contributed by atoms with Crippen LogP contribution in [-0.2, 0) is 23.6 Å². The number of aliphatic hydroxyl groups is 1. The molecule has 0 bridgehead atoms. The highest BCUT2D eigenvalue weighted by molar-refractivity contribution is 8.13. The van der Waals surface area contributed by atoms with Crippen molar-refractivity contribution in [3.63, 3.8) is 0 Å². The van der Waals surface area contributed by atoms with Crippen LogP contribution in [0, 0.1) is 21.6 Å². The van der Waals surface area contributed by atoms with Gasteiger partial charge in [0.05, 0.1) is 37.9 Å². The molecule has 0 spiro atoms. The highest BCUT2D eigenvalue weighted by Gasteiger charge is 2.27. The van der Waals surface area contributed by atoms with Crippen molar-refractivity contribution >= 4 is 62.3 Å². The molecule has 48 heavy (non-hydrogen) atoms. The monoisotopic (exact) mass is 745 g/mol. The minimum atomic E-state index is -0.423. The van der Waals surface area contributed by atoms with Crippen LogP contribution in [0.2, 0.25) is 0 Å². The third kappa shape index (κ3) is 49.0. The Morgan fingerprint density at radius 2 is 1.65 bits per heavy atom. The molecule has 1 saturated heterocycles. The van der Waals surface area contributed by atoms with Gasteiger partial charge in [-0.3, -0.25) is 20.6 Å². The largest absolute Gasteiger partial charge is 0.396 e. The third-order valence-electron chi connectivity index (χ3n) is 5.08. The Kier molecular flexibility index (Phi) is 49.1. The van der Waals surface area contributed by atoms with Crippen LogP contribution < -0.4 is 11.5 Å². The van der Waals surface area contributed by atoms with Gasteiger partial charge in [0, 0.05) is 46.9 Å². The normalized spacial score (nSPS) is 16.2. The van der Waals surface area contributed by atoms with E-state index < -0.39 is 9.03 Å². The molecule has 0 aromatic carbocycles. The van der Waals surface area contributed by atoms with Crippen LogP contribution in [0.1, 0.15) is 103 Å². The fourth-order valence-electron chi connectivity index (χ4n) is 2.34. The van der Waals surface area contributed by atoms with Gasteiger partial charge in [-0.25, -0.2) is 0 Å². The predicted octanol–water partition coefficient (Wildman–Crippen LogP) is 6.86. The summed E-state index contributed by atoms with van der Waals surface area (Å²) in [5.41, 5.74) is 10.7. The number of nitrogens with zero attached hydrogens (tertiary/aromatic N) is 1. The maximum absolute atomic E-state index is 11.1. The summed E-state index contributed by atoms with van der Waals surface area (Å²) >= 11 is 3.00. The molecule has 1 fully saturated rings. The number of carbonyl (C=O) groups excluding carboxylic acids is 2. The smallest absolute Gasteiger partial charge is 0.194 e. The number of thioether (sulfide) groups is 2. The van der Waals surface area contributed by atoms with Crippen LogP contribution in [0.3, 0.4) is 0 Å². The first-order chi connectivity index (χ1) is 22.2. The second-order valence-corrected chi connectivity index (χ2v) is 14.2. The van der Waals surface area contributed by atoms with Crippen molar-refractivity contribution in [1.82, 2.24) is 0 Å². The Labute approximate surface area is 303 Å². The number of rotatable bonds is 10. The highest BCUT2D eigenvalue weighted by Crippen LogP contribution is 2.25. The van der Waals surface area contributed by atoms with E-state index in [1.165, 1.54) is 11.8 Å². The van der Waals surface area contributed by atoms with Gasteiger partial charge < -0.3 is 40.3 Å². The first-order valence-corrected chi connectivity index (χ1v) is 19.1. The number of carbonyl (C=O) groups is 2. The van der Waals surface area contributed by atoms with Crippen LogP contribution in [0.15, 0.2) is 16.3 Å². The third-order valence-corrected chi connectivity index (χ3v) is 7.39. The summed E-state index contributed by atoms with van der Waals surface area (Å²) in [4.78, 5) is 33.4. The average Bonchev–Trinajstić information content (AvgIpc) is 3.46. The molecule has 288 valence electrons. The van der Waals surface area contributed by atoms with E-state index in [4.69, 9.17) is 40.5 Å². The lowest BCUT2D eigenvalue weighted by Crippen LogP contribution is -2.23. The Hall–Kier alpha value is -1.38. The van der Waals surface area contributed by atoms with Crippen molar-refractivity contribution in [1.29, 1.82) is 10.8 Å². The Balaban J connectivity index is -0.000000113. The molecule has 4 atom stereocenters. The number of hydrogen-bond donors (Lipinski definition) is 6. The Morgan fingerprint density at radius 1 is 1.17 bits per heavy atom. The second kappa shape index (κ2) is 40.1. The number of aldehydes is 1. The predicted molar refractivity (Wildman–Crippen MR) is 213 cm³/mol. The summed E-state index contributed by atoms with van der Waals surface area (Å²) in [6, 6.07) is 0. The van der Waals surface area contributed by atoms with Gasteiger partial charge in [-0.05, 0) is 53.7 Å². The Morgan fingerprint density at radius 3 is 1.90 bits per heavy atom. The van der Waals surface area contributed by atoms with E-state index in [2.05, 4.69) is 23.9 Å². The van der Waals surface area contributed by atoms with Gasteiger partial charge in [-0.1, -0.05) is 67.2 Å². The molecule has 0 aromatic heterocycles. The maximum atomic E-state index is 11.1. The Bertz CT molecular complexity index is 834. The first-order valence-electron chi connectivity index (χ1n) is 15.8. The van der Waals surface area contributed by atoms with Gasteiger partial charge in [0.2, 0.25) is 0 Å². The number of allylic oxidation sites excluding steroid dienone is 1. The molecule has 0 aliphatic carbocycles. The summed E-state index contributed by atoms with van der Waals surface area (Å²) in [7, 11) is 1.30. The molecule has 1 heterocycles. The van der Waals surface area contributed by atoms with Crippen molar-refractivity contribution in [2.75, 3.05) is 38.1 Å². The van der Waals surface area contributed by atoms with Crippen LogP contribution in [0.5, 0.6) is 0 Å². The minimum absolute atomic E-state index is 0.0308. The molecule has 0 radical (unpaired) electrons. The van der Waals surface area contributed by atoms with Gasteiger partial charge >= 0.3 is 0 Å². The van der Waals surface area contributed by atoms with Crippen LogP contribution in [0.25, 0.3) is 0 Å². The summed E-state index contributed by atoms with van der Waals surface area (Å²) in [5, 5.41) is 21.5. The second-order valence-electron chi connectivity index (χ2n) is 11.7. The van der Waals surface area contributed by atoms with Gasteiger partial charge in [-0.15, -0.1) is 0 Å². The SMILES string of the molecule is CC.CC(C)(C)C(=O)SCCO.CC(C)(C)C=O.CC1CCC(C(C)OPO)O1.CC=N/C(C)=C(/C)C(=N)N.COCCSC.N=CN. The van der Waals surface area contributed by atoms with E-state index in [1.807, 2.05) is 76.2 Å². The summed E-state index contributed by atoms with van der Waals surface area (Å²) in [6.45, 7) is 25.6. The van der Waals surface area contributed by atoms with E-state index >= 15 is 0 Å². The molecular formula is C33H72N5O7PS2. The van der Waals surface area contributed by atoms with Crippen LogP contribution >= 0.6 is 32.6 Å². The van der Waals surface area contributed by atoms with Gasteiger partial charge in [0.25, 0.3) is 0 Å². The van der Waals surface area contributed by atoms with Crippen LogP contribution in [0.4, 0.5) is 0 Å². The van der Waals surface area contributed by atoms with E-state index in [1.54, 1.807) is 32.0 Å². The lowest BCUT2D eigenvalue weighted by molar-refractivity contribution is -0.117. The van der Waals surface area contributed by atoms with Crippen LogP contribution in [-0.4, -0.2) is 96.2 Å². The zero-order chi connectivity index (χ0) is 39.4. The number of nitrogens with two attached hydrogens (primary N) is 2. The van der Waals surface area contributed by atoms with E-state index in [0.29, 0.717) is 11.9 Å². The van der Waals surface area contributed by atoms with Gasteiger partial charge in [0.1, 0.15) is 12.1 Å². The van der Waals surface area contributed by atoms with Crippen molar-refractivity contribution < 1.29 is 33.6 Å². The number of ether oxygens (including phenoxy) is 2. The molecule has 1 aliphatic rings. The molecule has 4 unspecified atom stereocenters. The zero-order valence-corrected chi connectivity index (χ0v) is 35.2. The van der Waals surface area contributed by atoms with E-state index in [9.17, 15) is 9.59 Å². The molecule has 0 amide bonds. The summed E-state index contributed by atoms with van der Waals surface area (Å²) in [6.07, 6.45) is 8.16. The molecule has 15 heteroatoms. The van der Waals surface area contributed by atoms with Crippen molar-refractivity contribution in [3.05, 3.63) is 11.3 Å². The fraction of sp³-hybridized carbons (Fsp3) is 0.788. The molecule has 12 nitrogen and oxygen atoms in total. The number of methoxy groups -OCH3 is 1. The lowest BCUT2D eigenvalue weighted by atomic mass is 10.00. The minimum Gasteiger partial charge on any atom is -0.396 e. The number of nitrogens with one attached hydrogen (secondary N) is 2. The molecule has 8 N–H and O–H groups in total. The van der Waals surface area contributed by atoms with E-state index in [-0.39, 0.29) is 40.6 Å². The average molecular weight is 746 g/mol. The molecule has 1 aliphatic heterocycles. The van der Waals surface area contributed by atoms with Crippen molar-refractivity contribution in [3.8, 4) is 0 Å². The van der Waals surface area contributed by atoms with Crippen molar-refractivity contribution in [2.45, 2.75) is 121 Å². The summed E-state index contributed by atoms with van der Waals surface area (Å²) < 4.78 is 15.3. The first kappa shape index (κ1) is 58.8.